The average Bonchev–Trinajstić information content (AvgIpc) is 1.82. The molecule has 1 N–H and O–H groups in total. The normalized spacial score (nSPS) is 9.80. The number of nitrogens with zero attached hydrogens (tertiary/aromatic N) is 1. The Balaban J connectivity index is 3.31. The molecule has 0 spiro atoms. The number of rotatable bonds is 0. The molecule has 5 heteroatoms. The van der Waals surface area contributed by atoms with Gasteiger partial charge in [0.05, 0.1) is 0 Å². The van der Waals surface area contributed by atoms with Crippen molar-refractivity contribution in [3.05, 3.63) is 27.6 Å². The highest BCUT2D eigenvalue weighted by Gasteiger charge is 2.08. The number of hydrogen-bond acceptors (Lipinski definition) is 2. The number of pyridine rings is 1. The van der Waals surface area contributed by atoms with Crippen molar-refractivity contribution in [1.29, 1.82) is 0 Å². The van der Waals surface area contributed by atoms with Crippen LogP contribution in [0.15, 0.2) is 12.3 Å². The zero-order valence-corrected chi connectivity index (χ0v) is 6.23. The summed E-state index contributed by atoms with van der Waals surface area (Å²) in [6.07, 6.45) is 0.925. The molecule has 0 aliphatic rings. The minimum Gasteiger partial charge on any atom is -0.617 e. The summed E-state index contributed by atoms with van der Waals surface area (Å²) >= 11 is 10.8. The van der Waals surface area contributed by atoms with Crippen molar-refractivity contribution in [2.24, 2.45) is 0 Å². The van der Waals surface area contributed by atoms with Gasteiger partial charge in [-0.15, -0.1) is 0 Å². The zero-order valence-electron chi connectivity index (χ0n) is 4.71. The van der Waals surface area contributed by atoms with E-state index in [0.717, 1.165) is 6.20 Å². The SMILES string of the molecule is [O-][n+]1cc(O)cc(Cl)c1Cl. The third kappa shape index (κ3) is 1.25. The van der Waals surface area contributed by atoms with Crippen LogP contribution in [0.1, 0.15) is 0 Å². The summed E-state index contributed by atoms with van der Waals surface area (Å²) in [6.45, 7) is 0. The fourth-order valence-electron chi connectivity index (χ4n) is 0.509. The molecule has 0 radical (unpaired) electrons. The molecule has 0 aliphatic heterocycles. The Kier molecular flexibility index (Phi) is 1.87. The first-order valence-electron chi connectivity index (χ1n) is 2.38. The summed E-state index contributed by atoms with van der Waals surface area (Å²) in [5, 5.41) is 19.3. The Morgan fingerprint density at radius 2 is 2.10 bits per heavy atom. The lowest BCUT2D eigenvalue weighted by atomic mass is 10.5. The first kappa shape index (κ1) is 7.44. The molecule has 0 unspecified atom stereocenters. The number of aromatic hydroxyl groups is 1. The van der Waals surface area contributed by atoms with E-state index >= 15 is 0 Å². The maximum Gasteiger partial charge on any atom is 0.305 e. The van der Waals surface area contributed by atoms with Crippen molar-refractivity contribution < 1.29 is 9.84 Å². The summed E-state index contributed by atoms with van der Waals surface area (Å²) < 4.78 is 0.291. The average molecular weight is 180 g/mol. The van der Waals surface area contributed by atoms with E-state index in [9.17, 15) is 5.21 Å². The van der Waals surface area contributed by atoms with Crippen LogP contribution in [0.2, 0.25) is 10.2 Å². The predicted molar refractivity (Wildman–Crippen MR) is 37.1 cm³/mol. The highest BCUT2D eigenvalue weighted by atomic mass is 35.5. The molecule has 0 amide bonds. The fraction of sp³-hybridized carbons (Fsp3) is 0. The molecule has 1 rings (SSSR count). The Hall–Kier alpha value is -0.670. The van der Waals surface area contributed by atoms with E-state index in [4.69, 9.17) is 28.3 Å². The molecule has 1 aromatic heterocycles. The maximum absolute atomic E-state index is 10.6. The second-order valence-corrected chi connectivity index (χ2v) is 2.43. The van der Waals surface area contributed by atoms with Gasteiger partial charge in [0.15, 0.2) is 5.75 Å². The predicted octanol–water partition coefficient (Wildman–Crippen LogP) is 1.33. The van der Waals surface area contributed by atoms with Crippen LogP contribution >= 0.6 is 23.2 Å². The van der Waals surface area contributed by atoms with Gasteiger partial charge in [0.1, 0.15) is 5.02 Å². The quantitative estimate of drug-likeness (QED) is 0.372. The molecule has 0 fully saturated rings. The number of halogens is 2. The number of hydrogen-bond donors (Lipinski definition) is 1. The van der Waals surface area contributed by atoms with Gasteiger partial charge in [0.25, 0.3) is 0 Å². The van der Waals surface area contributed by atoms with Crippen molar-refractivity contribution in [1.82, 2.24) is 0 Å². The van der Waals surface area contributed by atoms with Crippen LogP contribution in [0.4, 0.5) is 0 Å². The first-order chi connectivity index (χ1) is 4.61. The third-order valence-corrected chi connectivity index (χ3v) is 1.67. The molecular formula is C5H3Cl2NO2. The molecule has 0 saturated heterocycles. The van der Waals surface area contributed by atoms with Gasteiger partial charge in [-0.1, -0.05) is 11.6 Å². The molecule has 54 valence electrons. The van der Waals surface area contributed by atoms with Gasteiger partial charge in [-0.05, 0) is 11.6 Å². The highest BCUT2D eigenvalue weighted by molar-refractivity contribution is 6.40. The van der Waals surface area contributed by atoms with Crippen molar-refractivity contribution in [2.45, 2.75) is 0 Å². The molecule has 10 heavy (non-hydrogen) atoms. The van der Waals surface area contributed by atoms with Crippen molar-refractivity contribution in [3.8, 4) is 5.75 Å². The van der Waals surface area contributed by atoms with E-state index in [1.54, 1.807) is 0 Å². The second-order valence-electron chi connectivity index (χ2n) is 1.66. The Bertz CT molecular complexity index is 241. The van der Waals surface area contributed by atoms with E-state index in [2.05, 4.69) is 0 Å². The molecule has 3 nitrogen and oxygen atoms in total. The highest BCUT2D eigenvalue weighted by Crippen LogP contribution is 2.20. The van der Waals surface area contributed by atoms with Gasteiger partial charge in [0, 0.05) is 6.07 Å². The first-order valence-corrected chi connectivity index (χ1v) is 3.14. The standard InChI is InChI=1S/C5H3Cl2NO2/c6-4-1-3(9)2-8(10)5(4)7/h1-2,9H. The lowest BCUT2D eigenvalue weighted by Gasteiger charge is -1.98. The van der Waals surface area contributed by atoms with Gasteiger partial charge in [-0.3, -0.25) is 0 Å². The molecular weight excluding hydrogens is 177 g/mol. The van der Waals surface area contributed by atoms with E-state index in [1.807, 2.05) is 0 Å². The largest absolute Gasteiger partial charge is 0.617 e. The number of aromatic nitrogens is 1. The summed E-state index contributed by atoms with van der Waals surface area (Å²) in [5.74, 6) is -0.204. The molecule has 0 aromatic carbocycles. The van der Waals surface area contributed by atoms with Crippen LogP contribution in [0.3, 0.4) is 0 Å². The smallest absolute Gasteiger partial charge is 0.305 e. The lowest BCUT2D eigenvalue weighted by Crippen LogP contribution is -2.26. The van der Waals surface area contributed by atoms with Gasteiger partial charge in [-0.2, -0.15) is 4.73 Å². The lowest BCUT2D eigenvalue weighted by molar-refractivity contribution is -0.603. The van der Waals surface area contributed by atoms with E-state index in [0.29, 0.717) is 4.73 Å². The van der Waals surface area contributed by atoms with Crippen LogP contribution in [0, 0.1) is 5.21 Å². The Labute approximate surface area is 67.0 Å². The minimum atomic E-state index is -0.204. The monoisotopic (exact) mass is 179 g/mol. The molecule has 0 bridgehead atoms. The summed E-state index contributed by atoms with van der Waals surface area (Å²) in [7, 11) is 0. The summed E-state index contributed by atoms with van der Waals surface area (Å²) in [6, 6.07) is 1.19. The van der Waals surface area contributed by atoms with E-state index in [-0.39, 0.29) is 15.9 Å². The van der Waals surface area contributed by atoms with Crippen LogP contribution < -0.4 is 4.73 Å². The zero-order chi connectivity index (χ0) is 7.72. The Morgan fingerprint density at radius 1 is 1.50 bits per heavy atom. The Morgan fingerprint density at radius 3 is 2.60 bits per heavy atom. The second kappa shape index (κ2) is 2.52. The van der Waals surface area contributed by atoms with Gasteiger partial charge in [0.2, 0.25) is 6.20 Å². The van der Waals surface area contributed by atoms with E-state index < -0.39 is 0 Å². The maximum atomic E-state index is 10.6. The van der Waals surface area contributed by atoms with Crippen LogP contribution in [-0.2, 0) is 0 Å². The topological polar surface area (TPSA) is 47.2 Å². The molecule has 0 atom stereocenters. The van der Waals surface area contributed by atoms with Gasteiger partial charge >= 0.3 is 5.15 Å². The van der Waals surface area contributed by atoms with Crippen LogP contribution in [0.25, 0.3) is 0 Å². The summed E-state index contributed by atoms with van der Waals surface area (Å²) in [4.78, 5) is 0. The summed E-state index contributed by atoms with van der Waals surface area (Å²) in [5.41, 5.74) is 0. The molecule has 1 aromatic rings. The van der Waals surface area contributed by atoms with Crippen LogP contribution in [0.5, 0.6) is 5.75 Å². The van der Waals surface area contributed by atoms with E-state index in [1.165, 1.54) is 6.07 Å². The fourth-order valence-corrected chi connectivity index (χ4v) is 0.807. The minimum absolute atomic E-state index is 0.0386. The third-order valence-electron chi connectivity index (χ3n) is 0.915. The van der Waals surface area contributed by atoms with Crippen LogP contribution in [-0.4, -0.2) is 5.11 Å². The van der Waals surface area contributed by atoms with Crippen molar-refractivity contribution in [2.75, 3.05) is 0 Å². The van der Waals surface area contributed by atoms with Gasteiger partial charge in [-0.25, -0.2) is 0 Å². The molecule has 0 saturated carbocycles. The van der Waals surface area contributed by atoms with Crippen molar-refractivity contribution >= 4 is 23.2 Å². The van der Waals surface area contributed by atoms with Gasteiger partial charge < -0.3 is 10.3 Å². The molecule has 1 heterocycles. The molecule has 0 aliphatic carbocycles. The van der Waals surface area contributed by atoms with Crippen molar-refractivity contribution in [3.63, 3.8) is 0 Å².